The SMILES string of the molecule is CO[C@]12CC[C@@]3(C[C@@H]1C(C)(C)O)[C@H]1Cc4ccc(OC(=O)N(C)CCNC(=O)[C@@H](N)CC(=O)O)c5c4[C@@]3(CC[N+]1(C)CC1CC1)[C@H]2O5. The second kappa shape index (κ2) is 10.8. The number of nitrogens with zero attached hydrogens (tertiary/aromatic N) is 2. The van der Waals surface area contributed by atoms with Crippen LogP contribution in [0.1, 0.15) is 69.9 Å². The van der Waals surface area contributed by atoms with E-state index in [0.717, 1.165) is 49.0 Å². The number of carboxylic acids is 1. The number of ether oxygens (including phenoxy) is 3. The molecule has 0 aromatic heterocycles. The Hall–Kier alpha value is -2.93. The number of nitrogens with two attached hydrogens (primary N) is 1. The van der Waals surface area contributed by atoms with Crippen molar-refractivity contribution < 1.29 is 43.3 Å². The van der Waals surface area contributed by atoms with Gasteiger partial charge in [-0.25, -0.2) is 4.79 Å². The van der Waals surface area contributed by atoms with E-state index in [1.54, 1.807) is 14.2 Å². The summed E-state index contributed by atoms with van der Waals surface area (Å²) in [6.45, 7) is 6.32. The van der Waals surface area contributed by atoms with E-state index in [4.69, 9.17) is 25.1 Å². The highest BCUT2D eigenvalue weighted by atomic mass is 16.6. The topological polar surface area (TPSA) is 161 Å². The van der Waals surface area contributed by atoms with Gasteiger partial charge < -0.3 is 44.9 Å². The largest absolute Gasteiger partial charge is 0.482 e. The van der Waals surface area contributed by atoms with Crippen molar-refractivity contribution in [1.29, 1.82) is 0 Å². The molecule has 47 heavy (non-hydrogen) atoms. The molecule has 2 amide bonds. The molecule has 1 unspecified atom stereocenters. The molecule has 4 bridgehead atoms. The monoisotopic (exact) mass is 655 g/mol. The van der Waals surface area contributed by atoms with E-state index in [1.165, 1.54) is 35.4 Å². The van der Waals surface area contributed by atoms with Crippen molar-refractivity contribution >= 4 is 18.0 Å². The summed E-state index contributed by atoms with van der Waals surface area (Å²) in [7, 11) is 5.82. The number of carbonyl (C=O) groups is 3. The van der Waals surface area contributed by atoms with Gasteiger partial charge in [-0.2, -0.15) is 0 Å². The van der Waals surface area contributed by atoms with Gasteiger partial charge in [0.05, 0.1) is 49.7 Å². The van der Waals surface area contributed by atoms with E-state index in [9.17, 15) is 19.5 Å². The number of fused-ring (bicyclic) bond motifs is 2. The Labute approximate surface area is 276 Å². The number of aliphatic carboxylic acids is 1. The fraction of sp³-hybridized carbons (Fsp3) is 0.743. The number of aliphatic hydroxyl groups is 1. The second-order valence-corrected chi connectivity index (χ2v) is 16.2. The van der Waals surface area contributed by atoms with Gasteiger partial charge in [-0.05, 0) is 57.6 Å². The Kier molecular flexibility index (Phi) is 7.48. The van der Waals surface area contributed by atoms with Gasteiger partial charge >= 0.3 is 12.1 Å². The maximum Gasteiger partial charge on any atom is 0.415 e. The molecule has 7 aliphatic rings. The van der Waals surface area contributed by atoms with Crippen molar-refractivity contribution in [2.45, 2.75) is 100 Å². The third-order valence-electron chi connectivity index (χ3n) is 13.2. The number of hydrogen-bond donors (Lipinski definition) is 4. The molecule has 5 aliphatic carbocycles. The number of amides is 2. The van der Waals surface area contributed by atoms with Crippen LogP contribution in [0, 0.1) is 17.3 Å². The number of likely N-dealkylation sites (N-methyl/N-ethyl adjacent to an activating group) is 2. The smallest absolute Gasteiger partial charge is 0.415 e. The van der Waals surface area contributed by atoms with Gasteiger partial charge in [-0.3, -0.25) is 9.59 Å². The Morgan fingerprint density at radius 3 is 2.64 bits per heavy atom. The number of benzene rings is 1. The molecular formula is C35H51N4O8+. The van der Waals surface area contributed by atoms with Crippen LogP contribution in [-0.2, 0) is 26.2 Å². The summed E-state index contributed by atoms with van der Waals surface area (Å²) in [5.74, 6) is -0.0745. The molecule has 12 heteroatoms. The van der Waals surface area contributed by atoms with Crippen molar-refractivity contribution in [1.82, 2.24) is 10.2 Å². The van der Waals surface area contributed by atoms with Crippen LogP contribution in [-0.4, -0.2) is 114 Å². The molecule has 5 N–H and O–H groups in total. The van der Waals surface area contributed by atoms with Gasteiger partial charge in [0.1, 0.15) is 11.7 Å². The molecule has 258 valence electrons. The molecular weight excluding hydrogens is 604 g/mol. The summed E-state index contributed by atoms with van der Waals surface area (Å²) in [6, 6.07) is 3.22. The molecule has 1 aromatic rings. The third kappa shape index (κ3) is 4.64. The van der Waals surface area contributed by atoms with Crippen LogP contribution in [0.2, 0.25) is 0 Å². The average molecular weight is 656 g/mol. The molecule has 4 saturated carbocycles. The molecule has 12 nitrogen and oxygen atoms in total. The van der Waals surface area contributed by atoms with E-state index in [1.807, 2.05) is 19.9 Å². The molecule has 2 heterocycles. The van der Waals surface area contributed by atoms with Crippen molar-refractivity contribution in [2.75, 3.05) is 47.4 Å². The Bertz CT molecular complexity index is 1490. The van der Waals surface area contributed by atoms with Gasteiger partial charge in [0.25, 0.3) is 0 Å². The fourth-order valence-corrected chi connectivity index (χ4v) is 11.0. The number of carboxylic acid groups (broad SMARTS) is 1. The fourth-order valence-electron chi connectivity index (χ4n) is 11.0. The number of carbonyl (C=O) groups excluding carboxylic acids is 2. The first kappa shape index (κ1) is 32.6. The second-order valence-electron chi connectivity index (χ2n) is 16.2. The molecule has 1 saturated heterocycles. The summed E-state index contributed by atoms with van der Waals surface area (Å²) in [5.41, 5.74) is 6.05. The maximum absolute atomic E-state index is 13.4. The molecule has 0 radical (unpaired) electrons. The molecule has 8 rings (SSSR count). The standard InChI is InChI=1S/C35H50N4O8/c1-32(2,44)24-18-33-10-11-35(24,45-5)30-34(33)12-15-39(4,19-20-6-7-20)25(33)16-21-8-9-23(28(47-30)27(21)34)46-31(43)38(3)14-13-37-29(42)22(36)17-26(40)41/h8-9,20,22,24-25,30,44H,6-7,10-19,36H2,1-5H3,(H-,37,40,41,42)/p+1/t22-,24+,25+,30+,33+,34-,35+,39?/m0/s1. The highest BCUT2D eigenvalue weighted by Crippen LogP contribution is 2.78. The van der Waals surface area contributed by atoms with E-state index in [-0.39, 0.29) is 35.9 Å². The predicted octanol–water partition coefficient (Wildman–Crippen LogP) is 2.18. The number of quaternary nitrogens is 1. The zero-order valence-corrected chi connectivity index (χ0v) is 28.3. The van der Waals surface area contributed by atoms with Gasteiger partial charge in [0.15, 0.2) is 11.5 Å². The number of nitrogens with one attached hydrogen (secondary N) is 1. The van der Waals surface area contributed by atoms with Crippen molar-refractivity contribution in [3.05, 3.63) is 23.3 Å². The predicted molar refractivity (Wildman–Crippen MR) is 171 cm³/mol. The Morgan fingerprint density at radius 1 is 1.23 bits per heavy atom. The molecule has 5 fully saturated rings. The first-order chi connectivity index (χ1) is 22.1. The van der Waals surface area contributed by atoms with E-state index in [2.05, 4.69) is 18.4 Å². The van der Waals surface area contributed by atoms with Crippen LogP contribution >= 0.6 is 0 Å². The molecule has 2 spiro atoms. The lowest BCUT2D eigenvalue weighted by atomic mass is 9.33. The quantitative estimate of drug-likeness (QED) is 0.262. The van der Waals surface area contributed by atoms with E-state index >= 15 is 0 Å². The molecule has 1 aromatic carbocycles. The van der Waals surface area contributed by atoms with E-state index in [0.29, 0.717) is 17.5 Å². The number of methoxy groups -OCH3 is 1. The minimum absolute atomic E-state index is 0.0815. The van der Waals surface area contributed by atoms with Gasteiger partial charge in [-0.15, -0.1) is 0 Å². The lowest BCUT2D eigenvalue weighted by Crippen LogP contribution is -2.84. The number of hydrogen-bond acceptors (Lipinski definition) is 8. The third-order valence-corrected chi connectivity index (χ3v) is 13.2. The molecule has 2 aliphatic heterocycles. The van der Waals surface area contributed by atoms with Crippen LogP contribution in [0.5, 0.6) is 11.5 Å². The van der Waals surface area contributed by atoms with Crippen LogP contribution in [0.25, 0.3) is 0 Å². The zero-order valence-electron chi connectivity index (χ0n) is 28.3. The van der Waals surface area contributed by atoms with Crippen LogP contribution in [0.15, 0.2) is 12.1 Å². The van der Waals surface area contributed by atoms with Crippen LogP contribution in [0.3, 0.4) is 0 Å². The number of piperidine rings is 1. The zero-order chi connectivity index (χ0) is 33.7. The highest BCUT2D eigenvalue weighted by molar-refractivity contribution is 5.85. The summed E-state index contributed by atoms with van der Waals surface area (Å²) < 4.78 is 20.8. The Balaban J connectivity index is 1.21. The highest BCUT2D eigenvalue weighted by Gasteiger charge is 2.84. The molecule has 8 atom stereocenters. The van der Waals surface area contributed by atoms with Crippen LogP contribution < -0.4 is 20.5 Å². The van der Waals surface area contributed by atoms with Crippen molar-refractivity contribution in [3.63, 3.8) is 0 Å². The summed E-state index contributed by atoms with van der Waals surface area (Å²) in [4.78, 5) is 37.7. The summed E-state index contributed by atoms with van der Waals surface area (Å²) in [6.07, 6.45) is 5.85. The maximum atomic E-state index is 13.4. The first-order valence-electron chi connectivity index (χ1n) is 17.2. The Morgan fingerprint density at radius 2 is 1.98 bits per heavy atom. The van der Waals surface area contributed by atoms with Crippen LogP contribution in [0.4, 0.5) is 4.79 Å². The minimum Gasteiger partial charge on any atom is -0.482 e. The normalized spacial score (nSPS) is 36.6. The summed E-state index contributed by atoms with van der Waals surface area (Å²) in [5, 5.41) is 23.2. The number of likely N-dealkylation sites (tertiary alicyclic amines) is 1. The van der Waals surface area contributed by atoms with Gasteiger partial charge in [-0.1, -0.05) is 6.07 Å². The van der Waals surface area contributed by atoms with Gasteiger partial charge in [0, 0.05) is 62.9 Å². The van der Waals surface area contributed by atoms with Crippen molar-refractivity contribution in [3.8, 4) is 11.5 Å². The number of rotatable bonds is 11. The lowest BCUT2D eigenvalue weighted by Gasteiger charge is -2.75. The first-order valence-corrected chi connectivity index (χ1v) is 17.2. The minimum atomic E-state index is -1.17. The average Bonchev–Trinajstić information content (AvgIpc) is 3.74. The van der Waals surface area contributed by atoms with Gasteiger partial charge in [0.2, 0.25) is 5.91 Å². The van der Waals surface area contributed by atoms with E-state index < -0.39 is 41.6 Å². The summed E-state index contributed by atoms with van der Waals surface area (Å²) >= 11 is 0. The van der Waals surface area contributed by atoms with Crippen molar-refractivity contribution in [2.24, 2.45) is 23.0 Å². The lowest BCUT2D eigenvalue weighted by molar-refractivity contribution is -0.952.